The summed E-state index contributed by atoms with van der Waals surface area (Å²) in [5.74, 6) is 2.24. The van der Waals surface area contributed by atoms with Gasteiger partial charge in [-0.25, -0.2) is 0 Å². The number of hydrogen-bond donors (Lipinski definition) is 0. The SMILES string of the molecule is CCSc1nnc(SCC(=O)N(Cc2ccco2)C2=CCCCC2)s1. The first kappa shape index (κ1) is 18.5. The van der Waals surface area contributed by atoms with Gasteiger partial charge in [0.15, 0.2) is 8.68 Å². The summed E-state index contributed by atoms with van der Waals surface area (Å²) in [7, 11) is 0. The van der Waals surface area contributed by atoms with Crippen LogP contribution in [0.1, 0.15) is 38.4 Å². The number of allylic oxidation sites excluding steroid dienone is 2. The van der Waals surface area contributed by atoms with E-state index in [0.29, 0.717) is 12.3 Å². The molecule has 2 aromatic heterocycles. The average Bonchev–Trinajstić information content (AvgIpc) is 3.30. The first-order valence-corrected chi connectivity index (χ1v) is 11.2. The van der Waals surface area contributed by atoms with Crippen molar-refractivity contribution < 1.29 is 9.21 Å². The van der Waals surface area contributed by atoms with Crippen molar-refractivity contribution in [2.24, 2.45) is 0 Å². The van der Waals surface area contributed by atoms with Gasteiger partial charge in [-0.1, -0.05) is 47.9 Å². The van der Waals surface area contributed by atoms with Crippen LogP contribution < -0.4 is 0 Å². The number of carbonyl (C=O) groups excluding carboxylic acids is 1. The molecule has 2 heterocycles. The minimum atomic E-state index is 0.0921. The quantitative estimate of drug-likeness (QED) is 0.597. The molecule has 0 spiro atoms. The first-order chi connectivity index (χ1) is 12.3. The van der Waals surface area contributed by atoms with E-state index in [4.69, 9.17) is 4.42 Å². The number of hydrogen-bond acceptors (Lipinski definition) is 7. The van der Waals surface area contributed by atoms with E-state index in [9.17, 15) is 4.79 Å². The molecule has 0 saturated heterocycles. The Bertz CT molecular complexity index is 713. The smallest absolute Gasteiger partial charge is 0.237 e. The summed E-state index contributed by atoms with van der Waals surface area (Å²) in [4.78, 5) is 14.7. The Labute approximate surface area is 160 Å². The number of carbonyl (C=O) groups is 1. The fourth-order valence-corrected chi connectivity index (χ4v) is 5.41. The van der Waals surface area contributed by atoms with Crippen LogP contribution in [0.25, 0.3) is 0 Å². The van der Waals surface area contributed by atoms with Crippen LogP contribution >= 0.6 is 34.9 Å². The van der Waals surface area contributed by atoms with E-state index in [-0.39, 0.29) is 5.91 Å². The predicted octanol–water partition coefficient (Wildman–Crippen LogP) is 4.82. The maximum absolute atomic E-state index is 12.8. The lowest BCUT2D eigenvalue weighted by Gasteiger charge is -2.26. The van der Waals surface area contributed by atoms with E-state index in [2.05, 4.69) is 23.2 Å². The van der Waals surface area contributed by atoms with E-state index >= 15 is 0 Å². The molecule has 0 saturated carbocycles. The fourth-order valence-electron chi connectivity index (χ4n) is 2.61. The Morgan fingerprint density at radius 3 is 2.84 bits per heavy atom. The average molecular weight is 396 g/mol. The van der Waals surface area contributed by atoms with Crippen LogP contribution in [0.3, 0.4) is 0 Å². The summed E-state index contributed by atoms with van der Waals surface area (Å²) in [6.07, 6.45) is 8.16. The second kappa shape index (κ2) is 9.45. The molecule has 5 nitrogen and oxygen atoms in total. The van der Waals surface area contributed by atoms with Gasteiger partial charge in [-0.2, -0.15) is 0 Å². The molecule has 0 bridgehead atoms. The molecular weight excluding hydrogens is 374 g/mol. The maximum atomic E-state index is 12.8. The lowest BCUT2D eigenvalue weighted by molar-refractivity contribution is -0.127. The molecule has 0 aromatic carbocycles. The zero-order valence-electron chi connectivity index (χ0n) is 14.1. The summed E-state index contributed by atoms with van der Waals surface area (Å²) >= 11 is 4.69. The summed E-state index contributed by atoms with van der Waals surface area (Å²) in [5.41, 5.74) is 1.12. The number of thioether (sulfide) groups is 2. The number of aromatic nitrogens is 2. The minimum absolute atomic E-state index is 0.0921. The third kappa shape index (κ3) is 5.36. The van der Waals surface area contributed by atoms with Gasteiger partial charge in [0.2, 0.25) is 5.91 Å². The van der Waals surface area contributed by atoms with E-state index in [0.717, 1.165) is 45.2 Å². The minimum Gasteiger partial charge on any atom is -0.467 e. The zero-order valence-corrected chi connectivity index (χ0v) is 16.6. The molecule has 1 aliphatic carbocycles. The molecule has 1 aliphatic rings. The highest BCUT2D eigenvalue weighted by Crippen LogP contribution is 2.30. The van der Waals surface area contributed by atoms with Gasteiger partial charge < -0.3 is 9.32 Å². The van der Waals surface area contributed by atoms with Crippen molar-refractivity contribution in [2.75, 3.05) is 11.5 Å². The third-order valence-corrected chi connectivity index (χ3v) is 6.84. The van der Waals surface area contributed by atoms with Crippen molar-refractivity contribution in [3.05, 3.63) is 35.9 Å². The molecule has 3 rings (SSSR count). The fraction of sp³-hybridized carbons (Fsp3) is 0.471. The van der Waals surface area contributed by atoms with Gasteiger partial charge in [0, 0.05) is 5.70 Å². The lowest BCUT2D eigenvalue weighted by atomic mass is 10.0. The first-order valence-electron chi connectivity index (χ1n) is 8.37. The van der Waals surface area contributed by atoms with E-state index in [1.165, 1.54) is 18.2 Å². The molecule has 0 radical (unpaired) electrons. The van der Waals surface area contributed by atoms with Crippen molar-refractivity contribution in [2.45, 2.75) is 47.8 Å². The van der Waals surface area contributed by atoms with Crippen LogP contribution in [0.2, 0.25) is 0 Å². The highest BCUT2D eigenvalue weighted by atomic mass is 32.2. The molecule has 25 heavy (non-hydrogen) atoms. The second-order valence-electron chi connectivity index (χ2n) is 5.56. The molecule has 134 valence electrons. The van der Waals surface area contributed by atoms with Gasteiger partial charge in [0.05, 0.1) is 18.6 Å². The molecule has 2 aromatic rings. The van der Waals surface area contributed by atoms with Crippen molar-refractivity contribution in [1.29, 1.82) is 0 Å². The van der Waals surface area contributed by atoms with E-state index < -0.39 is 0 Å². The van der Waals surface area contributed by atoms with Crippen LogP contribution in [0.15, 0.2) is 43.3 Å². The highest BCUT2D eigenvalue weighted by molar-refractivity contribution is 8.03. The number of furan rings is 1. The Hall–Kier alpha value is -1.25. The van der Waals surface area contributed by atoms with Gasteiger partial charge in [-0.3, -0.25) is 4.79 Å². The van der Waals surface area contributed by atoms with Crippen molar-refractivity contribution in [3.8, 4) is 0 Å². The van der Waals surface area contributed by atoms with Crippen molar-refractivity contribution in [3.63, 3.8) is 0 Å². The molecule has 8 heteroatoms. The van der Waals surface area contributed by atoms with Crippen LogP contribution in [0.5, 0.6) is 0 Å². The highest BCUT2D eigenvalue weighted by Gasteiger charge is 2.21. The summed E-state index contributed by atoms with van der Waals surface area (Å²) in [5, 5.41) is 8.30. The van der Waals surface area contributed by atoms with Crippen LogP contribution in [-0.2, 0) is 11.3 Å². The van der Waals surface area contributed by atoms with Gasteiger partial charge in [0.1, 0.15) is 5.76 Å². The standard InChI is InChI=1S/C17H21N3O2S3/c1-2-23-16-18-19-17(25-16)24-12-15(21)20(11-14-9-6-10-22-14)13-7-4-3-5-8-13/h6-7,9-10H,2-5,8,11-12H2,1H3. The zero-order chi connectivity index (χ0) is 17.5. The van der Waals surface area contributed by atoms with E-state index in [1.807, 2.05) is 17.0 Å². The summed E-state index contributed by atoms with van der Waals surface area (Å²) in [6, 6.07) is 3.77. The molecular formula is C17H21N3O2S3. The normalized spacial score (nSPS) is 14.4. The van der Waals surface area contributed by atoms with Gasteiger partial charge in [0.25, 0.3) is 0 Å². The van der Waals surface area contributed by atoms with Gasteiger partial charge in [-0.15, -0.1) is 10.2 Å². The molecule has 0 unspecified atom stereocenters. The number of nitrogens with zero attached hydrogens (tertiary/aromatic N) is 3. The van der Waals surface area contributed by atoms with Crippen LogP contribution in [0, 0.1) is 0 Å². The molecule has 0 N–H and O–H groups in total. The van der Waals surface area contributed by atoms with Crippen molar-refractivity contribution in [1.82, 2.24) is 15.1 Å². The predicted molar refractivity (Wildman–Crippen MR) is 103 cm³/mol. The largest absolute Gasteiger partial charge is 0.467 e. The van der Waals surface area contributed by atoms with Crippen LogP contribution in [-0.4, -0.2) is 32.5 Å². The van der Waals surface area contributed by atoms with E-state index in [1.54, 1.807) is 29.4 Å². The summed E-state index contributed by atoms with van der Waals surface area (Å²) in [6.45, 7) is 2.58. The van der Waals surface area contributed by atoms with Gasteiger partial charge >= 0.3 is 0 Å². The number of rotatable bonds is 8. The Kier molecular flexibility index (Phi) is 7.01. The molecule has 0 atom stereocenters. The maximum Gasteiger partial charge on any atom is 0.237 e. The second-order valence-corrected chi connectivity index (χ2v) is 9.27. The molecule has 1 amide bonds. The summed E-state index contributed by atoms with van der Waals surface area (Å²) < 4.78 is 7.25. The Morgan fingerprint density at radius 1 is 1.32 bits per heavy atom. The van der Waals surface area contributed by atoms with Crippen LogP contribution in [0.4, 0.5) is 0 Å². The van der Waals surface area contributed by atoms with Crippen molar-refractivity contribution >= 4 is 40.8 Å². The molecule has 0 fully saturated rings. The Balaban J connectivity index is 1.64. The Morgan fingerprint density at radius 2 is 2.16 bits per heavy atom. The molecule has 0 aliphatic heterocycles. The lowest BCUT2D eigenvalue weighted by Crippen LogP contribution is -2.32. The topological polar surface area (TPSA) is 59.2 Å². The number of amides is 1. The monoisotopic (exact) mass is 395 g/mol. The third-order valence-electron chi connectivity index (χ3n) is 3.78. The van der Waals surface area contributed by atoms with Gasteiger partial charge in [-0.05, 0) is 43.6 Å².